The van der Waals surface area contributed by atoms with Crippen LogP contribution in [0.1, 0.15) is 56.3 Å². The lowest BCUT2D eigenvalue weighted by atomic mass is 9.85. The molecular weight excluding hydrogens is 332 g/mol. The molecule has 2 aliphatic rings. The maximum absolute atomic E-state index is 12.6. The second-order valence-corrected chi connectivity index (χ2v) is 7.08. The highest BCUT2D eigenvalue weighted by Crippen LogP contribution is 2.35. The van der Waals surface area contributed by atoms with Gasteiger partial charge in [-0.05, 0) is 50.5 Å². The van der Waals surface area contributed by atoms with Crippen LogP contribution in [0.3, 0.4) is 0 Å². The first kappa shape index (κ1) is 16.9. The maximum Gasteiger partial charge on any atom is 0.322 e. The molecule has 0 saturated heterocycles. The number of benzene rings is 1. The molecule has 0 unspecified atom stereocenters. The summed E-state index contributed by atoms with van der Waals surface area (Å²) in [6.07, 6.45) is 4.49. The van der Waals surface area contributed by atoms with Crippen LogP contribution in [0.5, 0.6) is 5.75 Å². The third-order valence-corrected chi connectivity index (χ3v) is 5.09. The lowest BCUT2D eigenvalue weighted by molar-refractivity contribution is 0.210. The van der Waals surface area contributed by atoms with Crippen LogP contribution >= 0.6 is 0 Å². The molecule has 1 N–H and O–H groups in total. The van der Waals surface area contributed by atoms with Gasteiger partial charge in [0, 0.05) is 24.6 Å². The van der Waals surface area contributed by atoms with E-state index in [0.717, 1.165) is 36.3 Å². The number of hydrogen-bond acceptors (Lipinski definition) is 5. The van der Waals surface area contributed by atoms with Crippen molar-refractivity contribution in [3.63, 3.8) is 0 Å². The zero-order valence-electron chi connectivity index (χ0n) is 15.2. The Morgan fingerprint density at radius 3 is 2.96 bits per heavy atom. The monoisotopic (exact) mass is 356 g/mol. The molecule has 0 bridgehead atoms. The summed E-state index contributed by atoms with van der Waals surface area (Å²) in [5, 5.41) is 6.98. The minimum Gasteiger partial charge on any atom is -0.490 e. The SMILES string of the molecule is CCN(Cc1noc(C2CCC2)n1)C(=O)Nc1ccc2c(c1)C[C@H](C)O2. The molecule has 1 aromatic carbocycles. The van der Waals surface area contributed by atoms with Crippen molar-refractivity contribution >= 4 is 11.7 Å². The second-order valence-electron chi connectivity index (χ2n) is 7.08. The van der Waals surface area contributed by atoms with E-state index in [1.165, 1.54) is 6.42 Å². The summed E-state index contributed by atoms with van der Waals surface area (Å²) in [7, 11) is 0. The molecule has 1 aliphatic heterocycles. The highest BCUT2D eigenvalue weighted by molar-refractivity contribution is 5.89. The lowest BCUT2D eigenvalue weighted by Crippen LogP contribution is -2.34. The average Bonchev–Trinajstić information content (AvgIpc) is 3.16. The molecule has 4 rings (SSSR count). The summed E-state index contributed by atoms with van der Waals surface area (Å²) in [5.41, 5.74) is 1.90. The van der Waals surface area contributed by atoms with Gasteiger partial charge in [-0.1, -0.05) is 11.6 Å². The molecule has 1 aliphatic carbocycles. The number of amides is 2. The number of nitrogens with one attached hydrogen (secondary N) is 1. The zero-order valence-corrected chi connectivity index (χ0v) is 15.2. The molecule has 1 atom stereocenters. The van der Waals surface area contributed by atoms with E-state index in [1.807, 2.05) is 32.0 Å². The predicted molar refractivity (Wildman–Crippen MR) is 96.2 cm³/mol. The molecule has 7 heteroatoms. The molecule has 2 aromatic rings. The van der Waals surface area contributed by atoms with Gasteiger partial charge in [0.25, 0.3) is 0 Å². The van der Waals surface area contributed by atoms with Gasteiger partial charge in [0.1, 0.15) is 11.9 Å². The summed E-state index contributed by atoms with van der Waals surface area (Å²) >= 11 is 0. The number of anilines is 1. The third kappa shape index (κ3) is 3.38. The van der Waals surface area contributed by atoms with E-state index in [0.29, 0.717) is 30.7 Å². The van der Waals surface area contributed by atoms with Crippen LogP contribution in [-0.4, -0.2) is 33.7 Å². The molecule has 0 spiro atoms. The molecule has 138 valence electrons. The summed E-state index contributed by atoms with van der Waals surface area (Å²) in [4.78, 5) is 18.7. The van der Waals surface area contributed by atoms with Crippen molar-refractivity contribution in [1.82, 2.24) is 15.0 Å². The van der Waals surface area contributed by atoms with Crippen molar-refractivity contribution in [2.24, 2.45) is 0 Å². The number of aromatic nitrogens is 2. The number of carbonyl (C=O) groups excluding carboxylic acids is 1. The Kier molecular flexibility index (Phi) is 4.53. The van der Waals surface area contributed by atoms with Gasteiger partial charge in [-0.2, -0.15) is 4.98 Å². The van der Waals surface area contributed by atoms with E-state index in [2.05, 4.69) is 15.5 Å². The molecule has 1 aromatic heterocycles. The topological polar surface area (TPSA) is 80.5 Å². The molecule has 0 radical (unpaired) electrons. The molecule has 2 amide bonds. The van der Waals surface area contributed by atoms with Crippen LogP contribution in [-0.2, 0) is 13.0 Å². The van der Waals surface area contributed by atoms with Crippen LogP contribution in [0.2, 0.25) is 0 Å². The van der Waals surface area contributed by atoms with Gasteiger partial charge in [-0.25, -0.2) is 4.79 Å². The Morgan fingerprint density at radius 2 is 2.23 bits per heavy atom. The summed E-state index contributed by atoms with van der Waals surface area (Å²) < 4.78 is 11.0. The van der Waals surface area contributed by atoms with Gasteiger partial charge in [0.15, 0.2) is 5.82 Å². The fourth-order valence-corrected chi connectivity index (χ4v) is 3.35. The molecule has 1 saturated carbocycles. The quantitative estimate of drug-likeness (QED) is 0.883. The number of rotatable bonds is 5. The van der Waals surface area contributed by atoms with E-state index in [1.54, 1.807) is 4.90 Å². The van der Waals surface area contributed by atoms with Crippen molar-refractivity contribution in [2.45, 2.75) is 58.1 Å². The van der Waals surface area contributed by atoms with E-state index in [9.17, 15) is 4.79 Å². The fourth-order valence-electron chi connectivity index (χ4n) is 3.35. The first-order valence-corrected chi connectivity index (χ1v) is 9.30. The first-order chi connectivity index (χ1) is 12.6. The van der Waals surface area contributed by atoms with Crippen LogP contribution < -0.4 is 10.1 Å². The van der Waals surface area contributed by atoms with E-state index < -0.39 is 0 Å². The number of nitrogens with zero attached hydrogens (tertiary/aromatic N) is 3. The van der Waals surface area contributed by atoms with Crippen LogP contribution in [0, 0.1) is 0 Å². The minimum absolute atomic E-state index is 0.172. The smallest absolute Gasteiger partial charge is 0.322 e. The Morgan fingerprint density at radius 1 is 1.38 bits per heavy atom. The maximum atomic E-state index is 12.6. The van der Waals surface area contributed by atoms with Crippen molar-refractivity contribution in [1.29, 1.82) is 0 Å². The Hall–Kier alpha value is -2.57. The molecule has 1 fully saturated rings. The zero-order chi connectivity index (χ0) is 18.1. The van der Waals surface area contributed by atoms with E-state index >= 15 is 0 Å². The molecular formula is C19H24N4O3. The van der Waals surface area contributed by atoms with Crippen molar-refractivity contribution in [2.75, 3.05) is 11.9 Å². The second kappa shape index (κ2) is 6.97. The number of carbonyl (C=O) groups is 1. The first-order valence-electron chi connectivity index (χ1n) is 9.30. The highest BCUT2D eigenvalue weighted by atomic mass is 16.5. The summed E-state index contributed by atoms with van der Waals surface area (Å²) in [5.74, 6) is 2.56. The number of hydrogen-bond donors (Lipinski definition) is 1. The van der Waals surface area contributed by atoms with Crippen LogP contribution in [0.4, 0.5) is 10.5 Å². The molecule has 2 heterocycles. The Balaban J connectivity index is 1.39. The number of urea groups is 1. The predicted octanol–water partition coefficient (Wildman–Crippen LogP) is 3.71. The van der Waals surface area contributed by atoms with Gasteiger partial charge in [-0.15, -0.1) is 0 Å². The number of fused-ring (bicyclic) bond motifs is 1. The van der Waals surface area contributed by atoms with Crippen molar-refractivity contribution in [3.8, 4) is 5.75 Å². The van der Waals surface area contributed by atoms with Crippen LogP contribution in [0.15, 0.2) is 22.7 Å². The summed E-state index contributed by atoms with van der Waals surface area (Å²) in [6.45, 7) is 4.87. The van der Waals surface area contributed by atoms with Gasteiger partial charge < -0.3 is 19.5 Å². The Labute approximate surface area is 152 Å². The largest absolute Gasteiger partial charge is 0.490 e. The van der Waals surface area contributed by atoms with Crippen molar-refractivity contribution in [3.05, 3.63) is 35.5 Å². The van der Waals surface area contributed by atoms with Crippen LogP contribution in [0.25, 0.3) is 0 Å². The highest BCUT2D eigenvalue weighted by Gasteiger charge is 2.26. The molecule has 26 heavy (non-hydrogen) atoms. The van der Waals surface area contributed by atoms with E-state index in [4.69, 9.17) is 9.26 Å². The van der Waals surface area contributed by atoms with Gasteiger partial charge in [0.05, 0.1) is 6.54 Å². The van der Waals surface area contributed by atoms with E-state index in [-0.39, 0.29) is 12.1 Å². The number of ether oxygens (including phenoxy) is 1. The summed E-state index contributed by atoms with van der Waals surface area (Å²) in [6, 6.07) is 5.59. The minimum atomic E-state index is -0.172. The van der Waals surface area contributed by atoms with Crippen molar-refractivity contribution < 1.29 is 14.1 Å². The third-order valence-electron chi connectivity index (χ3n) is 5.09. The Bertz CT molecular complexity index is 800. The van der Waals surface area contributed by atoms with Gasteiger partial charge in [0.2, 0.25) is 5.89 Å². The van der Waals surface area contributed by atoms with Gasteiger partial charge in [-0.3, -0.25) is 0 Å². The molecule has 7 nitrogen and oxygen atoms in total. The van der Waals surface area contributed by atoms with Gasteiger partial charge >= 0.3 is 6.03 Å². The standard InChI is InChI=1S/C19H24N4O3/c1-3-23(11-17-21-18(26-22-17)13-5-4-6-13)19(24)20-15-7-8-16-14(10-15)9-12(2)25-16/h7-8,10,12-13H,3-6,9,11H2,1-2H3,(H,20,24)/t12-/m0/s1. The average molecular weight is 356 g/mol. The normalized spacial score (nSPS) is 18.8. The fraction of sp³-hybridized carbons (Fsp3) is 0.526. The lowest BCUT2D eigenvalue weighted by Gasteiger charge is -2.21.